The minimum atomic E-state index is -0.374. The molecule has 3 rings (SSSR count). The van der Waals surface area contributed by atoms with E-state index in [1.807, 2.05) is 6.07 Å². The number of carbonyl (C=O) groups is 1. The maximum absolute atomic E-state index is 11.9. The molecule has 0 fully saturated rings. The lowest BCUT2D eigenvalue weighted by Crippen LogP contribution is -2.14. The molecule has 0 radical (unpaired) electrons. The highest BCUT2D eigenvalue weighted by Crippen LogP contribution is 2.37. The summed E-state index contributed by atoms with van der Waals surface area (Å²) < 4.78 is 26.4. The van der Waals surface area contributed by atoms with Gasteiger partial charge in [0.15, 0.2) is 23.0 Å². The Kier molecular flexibility index (Phi) is 6.01. The molecule has 0 atom stereocenters. The van der Waals surface area contributed by atoms with Gasteiger partial charge in [0.05, 0.1) is 27.5 Å². The maximum atomic E-state index is 11.9. The molecule has 2 aromatic carbocycles. The first-order valence-corrected chi connectivity index (χ1v) is 8.35. The number of fused-ring (bicyclic) bond motifs is 1. The lowest BCUT2D eigenvalue weighted by atomic mass is 10.2. The van der Waals surface area contributed by atoms with Crippen LogP contribution in [0.3, 0.4) is 0 Å². The number of nitrogens with zero attached hydrogens (tertiary/aromatic N) is 1. The zero-order valence-electron chi connectivity index (χ0n) is 15.7. The first kappa shape index (κ1) is 19.1. The van der Waals surface area contributed by atoms with Crippen molar-refractivity contribution < 1.29 is 28.5 Å². The van der Waals surface area contributed by atoms with Gasteiger partial charge in [-0.25, -0.2) is 5.43 Å². The Morgan fingerprint density at radius 1 is 1.00 bits per heavy atom. The van der Waals surface area contributed by atoms with E-state index in [0.717, 1.165) is 5.56 Å². The highest BCUT2D eigenvalue weighted by atomic mass is 16.7. The average molecular weight is 384 g/mol. The summed E-state index contributed by atoms with van der Waals surface area (Å²) in [5.41, 5.74) is 3.92. The van der Waals surface area contributed by atoms with Crippen LogP contribution in [-0.4, -0.2) is 40.2 Å². The van der Waals surface area contributed by atoms with Crippen LogP contribution in [0.15, 0.2) is 41.5 Å². The summed E-state index contributed by atoms with van der Waals surface area (Å²) in [6.07, 6.45) is 4.52. The third-order valence-electron chi connectivity index (χ3n) is 3.90. The number of benzene rings is 2. The van der Waals surface area contributed by atoms with Gasteiger partial charge >= 0.3 is 0 Å². The quantitative estimate of drug-likeness (QED) is 0.449. The van der Waals surface area contributed by atoms with Crippen LogP contribution in [0.25, 0.3) is 6.08 Å². The minimum absolute atomic E-state index is 0.207. The first-order chi connectivity index (χ1) is 13.6. The Bertz CT molecular complexity index is 898. The summed E-state index contributed by atoms with van der Waals surface area (Å²) in [6.45, 7) is 0.207. The second-order valence-electron chi connectivity index (χ2n) is 5.64. The van der Waals surface area contributed by atoms with E-state index in [-0.39, 0.29) is 12.7 Å². The summed E-state index contributed by atoms with van der Waals surface area (Å²) in [7, 11) is 4.59. The van der Waals surface area contributed by atoms with Gasteiger partial charge < -0.3 is 23.7 Å². The molecule has 1 aliphatic rings. The summed E-state index contributed by atoms with van der Waals surface area (Å²) >= 11 is 0. The van der Waals surface area contributed by atoms with Crippen LogP contribution in [0.5, 0.6) is 28.7 Å². The van der Waals surface area contributed by atoms with Gasteiger partial charge in [-0.1, -0.05) is 6.07 Å². The van der Waals surface area contributed by atoms with Crippen LogP contribution in [-0.2, 0) is 4.79 Å². The van der Waals surface area contributed by atoms with Crippen molar-refractivity contribution in [1.29, 1.82) is 0 Å². The van der Waals surface area contributed by atoms with Gasteiger partial charge in [-0.15, -0.1) is 0 Å². The van der Waals surface area contributed by atoms with Crippen molar-refractivity contribution in [2.24, 2.45) is 5.10 Å². The van der Waals surface area contributed by atoms with Crippen molar-refractivity contribution in [1.82, 2.24) is 5.43 Å². The fourth-order valence-electron chi connectivity index (χ4n) is 2.57. The fourth-order valence-corrected chi connectivity index (χ4v) is 2.57. The number of nitrogens with one attached hydrogen (secondary N) is 1. The van der Waals surface area contributed by atoms with Gasteiger partial charge in [0, 0.05) is 11.6 Å². The molecule has 1 aliphatic heterocycles. The lowest BCUT2D eigenvalue weighted by molar-refractivity contribution is -0.116. The van der Waals surface area contributed by atoms with Gasteiger partial charge in [-0.05, 0) is 35.9 Å². The van der Waals surface area contributed by atoms with E-state index in [2.05, 4.69) is 10.5 Å². The number of hydrogen-bond donors (Lipinski definition) is 1. The summed E-state index contributed by atoms with van der Waals surface area (Å²) in [4.78, 5) is 11.9. The third kappa shape index (κ3) is 4.35. The normalized spacial score (nSPS) is 12.4. The van der Waals surface area contributed by atoms with E-state index in [9.17, 15) is 4.79 Å². The molecular formula is C20H20N2O6. The van der Waals surface area contributed by atoms with Crippen LogP contribution >= 0.6 is 0 Å². The second kappa shape index (κ2) is 8.81. The Balaban J connectivity index is 1.63. The first-order valence-electron chi connectivity index (χ1n) is 8.35. The molecule has 0 saturated carbocycles. The molecule has 0 spiro atoms. The molecule has 28 heavy (non-hydrogen) atoms. The molecule has 0 aliphatic carbocycles. The summed E-state index contributed by atoms with van der Waals surface area (Å²) in [5.74, 6) is 2.45. The highest BCUT2D eigenvalue weighted by molar-refractivity contribution is 5.92. The van der Waals surface area contributed by atoms with Crippen molar-refractivity contribution in [3.05, 3.63) is 47.5 Å². The molecule has 1 N–H and O–H groups in total. The van der Waals surface area contributed by atoms with Gasteiger partial charge in [-0.3, -0.25) is 4.79 Å². The monoisotopic (exact) mass is 384 g/mol. The highest BCUT2D eigenvalue weighted by Gasteiger charge is 2.13. The minimum Gasteiger partial charge on any atom is -0.493 e. The van der Waals surface area contributed by atoms with Crippen molar-refractivity contribution in [2.45, 2.75) is 0 Å². The summed E-state index contributed by atoms with van der Waals surface area (Å²) in [5, 5.41) is 3.95. The van der Waals surface area contributed by atoms with Crippen LogP contribution in [0.1, 0.15) is 11.1 Å². The van der Waals surface area contributed by atoms with Crippen molar-refractivity contribution in [3.63, 3.8) is 0 Å². The topological polar surface area (TPSA) is 87.6 Å². The van der Waals surface area contributed by atoms with E-state index in [1.54, 1.807) is 30.3 Å². The Morgan fingerprint density at radius 3 is 2.39 bits per heavy atom. The van der Waals surface area contributed by atoms with E-state index in [1.165, 1.54) is 33.6 Å². The number of ether oxygens (including phenoxy) is 5. The Morgan fingerprint density at radius 2 is 1.71 bits per heavy atom. The van der Waals surface area contributed by atoms with E-state index >= 15 is 0 Å². The van der Waals surface area contributed by atoms with Crippen molar-refractivity contribution >= 4 is 18.2 Å². The van der Waals surface area contributed by atoms with E-state index in [0.29, 0.717) is 34.3 Å². The molecule has 146 valence electrons. The van der Waals surface area contributed by atoms with Gasteiger partial charge in [0.1, 0.15) is 0 Å². The zero-order valence-corrected chi connectivity index (χ0v) is 15.7. The van der Waals surface area contributed by atoms with E-state index in [4.69, 9.17) is 23.7 Å². The molecule has 8 heteroatoms. The van der Waals surface area contributed by atoms with Crippen LogP contribution in [0, 0.1) is 0 Å². The Hall–Kier alpha value is -3.68. The largest absolute Gasteiger partial charge is 0.493 e. The van der Waals surface area contributed by atoms with E-state index < -0.39 is 0 Å². The summed E-state index contributed by atoms with van der Waals surface area (Å²) in [6, 6.07) is 8.86. The number of methoxy groups -OCH3 is 3. The van der Waals surface area contributed by atoms with Gasteiger partial charge in [0.2, 0.25) is 12.5 Å². The number of hydrazone groups is 1. The number of carbonyl (C=O) groups excluding carboxylic acids is 1. The molecule has 2 aromatic rings. The van der Waals surface area contributed by atoms with Crippen molar-refractivity contribution in [3.8, 4) is 28.7 Å². The van der Waals surface area contributed by atoms with Gasteiger partial charge in [0.25, 0.3) is 5.91 Å². The predicted octanol–water partition coefficient (Wildman–Crippen LogP) is 2.60. The standard InChI is InChI=1S/C20H20N2O6/c1-24-17-9-14(10-18(25-2)20(17)26-3)11-21-22-19(23)7-5-13-4-6-15-16(8-13)28-12-27-15/h4-11H,12H2,1-3H3,(H,22,23)/b7-5+,21-11+. The number of hydrogen-bond acceptors (Lipinski definition) is 7. The predicted molar refractivity (Wildman–Crippen MR) is 103 cm³/mol. The molecular weight excluding hydrogens is 364 g/mol. The van der Waals surface area contributed by atoms with Crippen molar-refractivity contribution in [2.75, 3.05) is 28.1 Å². The average Bonchev–Trinajstić information content (AvgIpc) is 3.19. The molecule has 1 heterocycles. The maximum Gasteiger partial charge on any atom is 0.264 e. The third-order valence-corrected chi connectivity index (χ3v) is 3.90. The molecule has 0 unspecified atom stereocenters. The zero-order chi connectivity index (χ0) is 19.9. The van der Waals surface area contributed by atoms with Crippen LogP contribution in [0.4, 0.5) is 0 Å². The second-order valence-corrected chi connectivity index (χ2v) is 5.64. The fraction of sp³-hybridized carbons (Fsp3) is 0.200. The number of rotatable bonds is 7. The smallest absolute Gasteiger partial charge is 0.264 e. The van der Waals surface area contributed by atoms with Crippen LogP contribution < -0.4 is 29.1 Å². The SMILES string of the molecule is COc1cc(/C=N/NC(=O)/C=C/c2ccc3c(c2)OCO3)cc(OC)c1OC. The molecule has 1 amide bonds. The molecule has 0 aromatic heterocycles. The van der Waals surface area contributed by atoms with Gasteiger partial charge in [-0.2, -0.15) is 5.10 Å². The molecule has 0 saturated heterocycles. The number of amides is 1. The molecule has 0 bridgehead atoms. The van der Waals surface area contributed by atoms with Crippen LogP contribution in [0.2, 0.25) is 0 Å². The molecule has 8 nitrogen and oxygen atoms in total. The Labute approximate surface area is 162 Å². The lowest BCUT2D eigenvalue weighted by Gasteiger charge is -2.12.